The van der Waals surface area contributed by atoms with Crippen molar-refractivity contribution < 1.29 is 23.2 Å². The van der Waals surface area contributed by atoms with Gasteiger partial charge in [0.25, 0.3) is 0 Å². The molecular weight excluding hydrogens is 282 g/mol. The van der Waals surface area contributed by atoms with Crippen molar-refractivity contribution in [1.82, 2.24) is 5.06 Å². The molecule has 1 aromatic carbocycles. The minimum Gasteiger partial charge on any atom is -0.269 e. The van der Waals surface area contributed by atoms with Crippen molar-refractivity contribution in [3.8, 4) is 0 Å². The van der Waals surface area contributed by atoms with Gasteiger partial charge in [-0.15, -0.1) is 0 Å². The Balaban J connectivity index is 2.58. The van der Waals surface area contributed by atoms with Gasteiger partial charge in [0, 0.05) is 0 Å². The minimum atomic E-state index is -1.08. The number of hydrogen-bond acceptors (Lipinski definition) is 3. The summed E-state index contributed by atoms with van der Waals surface area (Å²) in [7, 11) is 0. The van der Waals surface area contributed by atoms with Crippen molar-refractivity contribution >= 4 is 17.7 Å². The van der Waals surface area contributed by atoms with E-state index in [1.54, 1.807) is 12.9 Å². The van der Waals surface area contributed by atoms with Crippen molar-refractivity contribution in [2.45, 2.75) is 19.9 Å². The van der Waals surface area contributed by atoms with Crippen LogP contribution in [0.1, 0.15) is 25.5 Å². The van der Waals surface area contributed by atoms with Crippen LogP contribution in [-0.4, -0.2) is 29.4 Å². The summed E-state index contributed by atoms with van der Waals surface area (Å²) in [5, 5.41) is 0.861. The van der Waals surface area contributed by atoms with E-state index in [0.29, 0.717) is 0 Å². The van der Waals surface area contributed by atoms with Gasteiger partial charge in [-0.25, -0.2) is 18.4 Å². The summed E-state index contributed by atoms with van der Waals surface area (Å²) in [6, 6.07) is 1.38. The molecule has 5 nitrogen and oxygen atoms in total. The van der Waals surface area contributed by atoms with Crippen LogP contribution >= 0.6 is 0 Å². The Hall–Kier alpha value is -2.37. The monoisotopic (exact) mass is 294 g/mol. The fourth-order valence-corrected chi connectivity index (χ4v) is 2.06. The third-order valence-electron chi connectivity index (χ3n) is 2.99. The van der Waals surface area contributed by atoms with E-state index in [2.05, 4.69) is 4.99 Å². The van der Waals surface area contributed by atoms with E-state index in [9.17, 15) is 18.4 Å². The molecule has 0 aliphatic carbocycles. The average molecular weight is 294 g/mol. The SMILES string of the molecule is CCON1C(=O)N=C(C)C(=C=O)C1c1ccc(F)c(F)c1. The van der Waals surface area contributed by atoms with Crippen LogP contribution in [0.4, 0.5) is 13.6 Å². The summed E-state index contributed by atoms with van der Waals surface area (Å²) in [6.45, 7) is 3.26. The van der Waals surface area contributed by atoms with E-state index in [0.717, 1.165) is 17.2 Å². The molecule has 0 aromatic heterocycles. The van der Waals surface area contributed by atoms with E-state index < -0.39 is 23.7 Å². The molecule has 7 heteroatoms. The predicted molar refractivity (Wildman–Crippen MR) is 70.3 cm³/mol. The Labute approximate surface area is 119 Å². The molecule has 2 rings (SSSR count). The Morgan fingerprint density at radius 1 is 1.38 bits per heavy atom. The first kappa shape index (κ1) is 15.0. The molecule has 0 N–H and O–H groups in total. The summed E-state index contributed by atoms with van der Waals surface area (Å²) in [5.41, 5.74) is 0.401. The molecule has 1 aliphatic heterocycles. The van der Waals surface area contributed by atoms with E-state index in [1.165, 1.54) is 13.0 Å². The zero-order chi connectivity index (χ0) is 15.6. The predicted octanol–water partition coefficient (Wildman–Crippen LogP) is 2.61. The molecule has 1 atom stereocenters. The largest absolute Gasteiger partial charge is 0.368 e. The fourth-order valence-electron chi connectivity index (χ4n) is 2.06. The molecule has 0 fully saturated rings. The van der Waals surface area contributed by atoms with Crippen molar-refractivity contribution in [1.29, 1.82) is 0 Å². The molecule has 0 radical (unpaired) electrons. The lowest BCUT2D eigenvalue weighted by molar-refractivity contribution is -0.130. The highest BCUT2D eigenvalue weighted by Crippen LogP contribution is 2.33. The zero-order valence-corrected chi connectivity index (χ0v) is 11.4. The summed E-state index contributed by atoms with van der Waals surface area (Å²) in [5.74, 6) is -0.413. The third-order valence-corrected chi connectivity index (χ3v) is 2.99. The third kappa shape index (κ3) is 2.74. The Morgan fingerprint density at radius 3 is 2.67 bits per heavy atom. The van der Waals surface area contributed by atoms with E-state index in [-0.39, 0.29) is 23.5 Å². The van der Waals surface area contributed by atoms with E-state index in [1.807, 2.05) is 0 Å². The van der Waals surface area contributed by atoms with Gasteiger partial charge in [-0.05, 0) is 31.5 Å². The number of rotatable bonds is 3. The normalized spacial score (nSPS) is 18.6. The number of halogens is 2. The highest BCUT2D eigenvalue weighted by atomic mass is 19.2. The average Bonchev–Trinajstić information content (AvgIpc) is 2.44. The van der Waals surface area contributed by atoms with E-state index in [4.69, 9.17) is 4.84 Å². The maximum absolute atomic E-state index is 13.4. The first-order chi connectivity index (χ1) is 9.99. The maximum Gasteiger partial charge on any atom is 0.368 e. The van der Waals surface area contributed by atoms with Gasteiger partial charge in [0.15, 0.2) is 11.6 Å². The minimum absolute atomic E-state index is 0.0362. The maximum atomic E-state index is 13.4. The fraction of sp³-hybridized carbons (Fsp3) is 0.286. The van der Waals surface area contributed by atoms with Crippen LogP contribution in [0.25, 0.3) is 0 Å². The number of aliphatic imine (C=N–C) groups is 1. The second-order valence-electron chi connectivity index (χ2n) is 4.32. The molecule has 0 spiro atoms. The highest BCUT2D eigenvalue weighted by molar-refractivity contribution is 6.12. The second-order valence-corrected chi connectivity index (χ2v) is 4.32. The van der Waals surface area contributed by atoms with Gasteiger partial charge in [0.1, 0.15) is 12.0 Å². The molecule has 1 aliphatic rings. The van der Waals surface area contributed by atoms with Crippen LogP contribution < -0.4 is 0 Å². The van der Waals surface area contributed by atoms with Crippen molar-refractivity contribution in [2.75, 3.05) is 6.61 Å². The van der Waals surface area contributed by atoms with Gasteiger partial charge in [0.05, 0.1) is 17.9 Å². The molecule has 2 amide bonds. The molecule has 1 heterocycles. The van der Waals surface area contributed by atoms with Crippen molar-refractivity contribution in [3.63, 3.8) is 0 Å². The van der Waals surface area contributed by atoms with Crippen LogP contribution in [-0.2, 0) is 9.63 Å². The molecule has 1 unspecified atom stereocenters. The lowest BCUT2D eigenvalue weighted by atomic mass is 9.95. The molecule has 0 saturated carbocycles. The number of hydrogen-bond donors (Lipinski definition) is 0. The number of amides is 2. The Kier molecular flexibility index (Phi) is 4.26. The van der Waals surface area contributed by atoms with Gasteiger partial charge in [-0.2, -0.15) is 10.1 Å². The first-order valence-corrected chi connectivity index (χ1v) is 6.21. The molecular formula is C14H12F2N2O3. The zero-order valence-electron chi connectivity index (χ0n) is 11.4. The number of carbonyl (C=O) groups is 1. The van der Waals surface area contributed by atoms with E-state index >= 15 is 0 Å². The topological polar surface area (TPSA) is 59.0 Å². The quantitative estimate of drug-likeness (QED) is 0.805. The van der Waals surface area contributed by atoms with Gasteiger partial charge >= 0.3 is 6.03 Å². The highest BCUT2D eigenvalue weighted by Gasteiger charge is 2.36. The van der Waals surface area contributed by atoms with Crippen LogP contribution in [0.2, 0.25) is 0 Å². The molecule has 21 heavy (non-hydrogen) atoms. The number of hydroxylamine groups is 2. The summed E-state index contributed by atoms with van der Waals surface area (Å²) < 4.78 is 26.5. The molecule has 110 valence electrons. The number of carbonyl (C=O) groups excluding carboxylic acids is 2. The van der Waals surface area contributed by atoms with Gasteiger partial charge in [-0.1, -0.05) is 6.07 Å². The molecule has 1 aromatic rings. The lowest BCUT2D eigenvalue weighted by Crippen LogP contribution is -2.39. The first-order valence-electron chi connectivity index (χ1n) is 6.21. The van der Waals surface area contributed by atoms with Crippen molar-refractivity contribution in [2.24, 2.45) is 4.99 Å². The van der Waals surface area contributed by atoms with Gasteiger partial charge in [-0.3, -0.25) is 4.84 Å². The van der Waals surface area contributed by atoms with Crippen molar-refractivity contribution in [3.05, 3.63) is 41.0 Å². The number of urea groups is 1. The van der Waals surface area contributed by atoms with Gasteiger partial charge in [0.2, 0.25) is 0 Å². The standard InChI is InChI=1S/C14H12F2N2O3/c1-3-21-18-13(9-4-5-11(15)12(16)6-9)10(7-19)8(2)17-14(18)20/h4-6,13H,3H2,1-2H3. The van der Waals surface area contributed by atoms with Crippen LogP contribution in [0, 0.1) is 11.6 Å². The number of nitrogens with zero attached hydrogens (tertiary/aromatic N) is 2. The van der Waals surface area contributed by atoms with Gasteiger partial charge < -0.3 is 0 Å². The summed E-state index contributed by atoms with van der Waals surface area (Å²) in [6.07, 6.45) is 0. The lowest BCUT2D eigenvalue weighted by Gasteiger charge is -2.32. The summed E-state index contributed by atoms with van der Waals surface area (Å²) in [4.78, 5) is 31.9. The second kappa shape index (κ2) is 5.95. The smallest absolute Gasteiger partial charge is 0.269 e. The molecule has 0 saturated heterocycles. The number of benzene rings is 1. The molecule has 0 bridgehead atoms. The Bertz CT molecular complexity index is 666. The van der Waals surface area contributed by atoms with Crippen LogP contribution in [0.3, 0.4) is 0 Å². The van der Waals surface area contributed by atoms with Crippen LogP contribution in [0.5, 0.6) is 0 Å². The Morgan fingerprint density at radius 2 is 2.10 bits per heavy atom. The van der Waals surface area contributed by atoms with Crippen LogP contribution in [0.15, 0.2) is 28.8 Å². The summed E-state index contributed by atoms with van der Waals surface area (Å²) >= 11 is 0.